The van der Waals surface area contributed by atoms with E-state index in [1.165, 1.54) is 15.6 Å². The van der Waals surface area contributed by atoms with Crippen LogP contribution in [0.25, 0.3) is 0 Å². The molecule has 2 N–H and O–H groups in total. The van der Waals surface area contributed by atoms with Crippen LogP contribution >= 0.6 is 11.3 Å². The first-order valence-corrected chi connectivity index (χ1v) is 10.2. The molecule has 1 aliphatic carbocycles. The summed E-state index contributed by atoms with van der Waals surface area (Å²) in [5.74, 6) is -1.58. The molecule has 0 bridgehead atoms. The molecular formula is C15H20N2O5S2. The zero-order chi connectivity index (χ0) is 17.5. The second-order valence-corrected chi connectivity index (χ2v) is 9.76. The largest absolute Gasteiger partial charge is 0.481 e. The number of aryl methyl sites for hydroxylation is 1. The van der Waals surface area contributed by atoms with Crippen LogP contribution in [0, 0.1) is 12.8 Å². The summed E-state index contributed by atoms with van der Waals surface area (Å²) < 4.78 is 27.0. The standard InChI is InChI=1S/C15H20N2O5S2/c1-9-4-5-13(23-9)24(21,22)17-6-2-3-12(17)14(18)16-11-7-10(8-11)15(19)20/h4-5,10-12H,2-3,6-8H2,1H3,(H,16,18)(H,19,20). The highest BCUT2D eigenvalue weighted by Gasteiger charge is 2.42. The third-order valence-electron chi connectivity index (χ3n) is 4.62. The summed E-state index contributed by atoms with van der Waals surface area (Å²) >= 11 is 1.20. The van der Waals surface area contributed by atoms with Crippen molar-refractivity contribution in [2.75, 3.05) is 6.54 Å². The van der Waals surface area contributed by atoms with Gasteiger partial charge in [0.1, 0.15) is 10.3 Å². The molecule has 1 aromatic heterocycles. The highest BCUT2D eigenvalue weighted by atomic mass is 32.2. The number of carbonyl (C=O) groups is 2. The van der Waals surface area contributed by atoms with E-state index in [1.807, 2.05) is 6.92 Å². The lowest BCUT2D eigenvalue weighted by molar-refractivity contribution is -0.146. The van der Waals surface area contributed by atoms with Gasteiger partial charge in [-0.15, -0.1) is 11.3 Å². The SMILES string of the molecule is Cc1ccc(S(=O)(=O)N2CCCC2C(=O)NC2CC(C(=O)O)C2)s1. The van der Waals surface area contributed by atoms with Gasteiger partial charge in [0.05, 0.1) is 5.92 Å². The number of hydrogen-bond donors (Lipinski definition) is 2. The summed E-state index contributed by atoms with van der Waals surface area (Å²) in [4.78, 5) is 24.2. The van der Waals surface area contributed by atoms with E-state index in [9.17, 15) is 18.0 Å². The van der Waals surface area contributed by atoms with Gasteiger partial charge in [0.15, 0.2) is 0 Å². The maximum absolute atomic E-state index is 12.8. The Balaban J connectivity index is 1.67. The average Bonchev–Trinajstić information content (AvgIpc) is 3.10. The number of aliphatic carboxylic acids is 1. The van der Waals surface area contributed by atoms with Crippen LogP contribution in [-0.4, -0.2) is 48.3 Å². The normalized spacial score (nSPS) is 27.6. The number of carbonyl (C=O) groups excluding carboxylic acids is 1. The fourth-order valence-electron chi connectivity index (χ4n) is 3.19. The van der Waals surface area contributed by atoms with Gasteiger partial charge < -0.3 is 10.4 Å². The lowest BCUT2D eigenvalue weighted by atomic mass is 9.80. The number of rotatable bonds is 5. The highest BCUT2D eigenvalue weighted by Crippen LogP contribution is 2.31. The number of thiophene rings is 1. The molecule has 132 valence electrons. The summed E-state index contributed by atoms with van der Waals surface area (Å²) in [5.41, 5.74) is 0. The Morgan fingerprint density at radius 1 is 1.33 bits per heavy atom. The van der Waals surface area contributed by atoms with E-state index in [1.54, 1.807) is 12.1 Å². The molecule has 0 radical (unpaired) electrons. The summed E-state index contributed by atoms with van der Waals surface area (Å²) in [6, 6.07) is 2.45. The molecule has 1 saturated heterocycles. The van der Waals surface area contributed by atoms with Crippen LogP contribution in [0.3, 0.4) is 0 Å². The Morgan fingerprint density at radius 3 is 2.62 bits per heavy atom. The van der Waals surface area contributed by atoms with Crippen molar-refractivity contribution in [3.63, 3.8) is 0 Å². The van der Waals surface area contributed by atoms with Gasteiger partial charge in [-0.3, -0.25) is 9.59 Å². The van der Waals surface area contributed by atoms with Crippen LogP contribution in [-0.2, 0) is 19.6 Å². The van der Waals surface area contributed by atoms with E-state index in [2.05, 4.69) is 5.32 Å². The number of sulfonamides is 1. The third kappa shape index (κ3) is 3.20. The van der Waals surface area contributed by atoms with Gasteiger partial charge in [0.2, 0.25) is 5.91 Å². The maximum Gasteiger partial charge on any atom is 0.306 e. The summed E-state index contributed by atoms with van der Waals surface area (Å²) in [5, 5.41) is 11.7. The first-order chi connectivity index (χ1) is 11.3. The maximum atomic E-state index is 12.8. The zero-order valence-electron chi connectivity index (χ0n) is 13.3. The minimum atomic E-state index is -3.66. The molecule has 0 spiro atoms. The fourth-order valence-corrected chi connectivity index (χ4v) is 6.26. The first kappa shape index (κ1) is 17.4. The average molecular weight is 372 g/mol. The van der Waals surface area contributed by atoms with Crippen LogP contribution in [0.5, 0.6) is 0 Å². The minimum absolute atomic E-state index is 0.173. The number of nitrogens with zero attached hydrogens (tertiary/aromatic N) is 1. The monoisotopic (exact) mass is 372 g/mol. The smallest absolute Gasteiger partial charge is 0.306 e. The number of amides is 1. The second kappa shape index (κ2) is 6.45. The molecule has 1 unspecified atom stereocenters. The van der Waals surface area contributed by atoms with E-state index in [4.69, 9.17) is 5.11 Å². The van der Waals surface area contributed by atoms with Gasteiger partial charge >= 0.3 is 5.97 Å². The topological polar surface area (TPSA) is 104 Å². The molecule has 7 nitrogen and oxygen atoms in total. The molecule has 1 saturated carbocycles. The number of hydrogen-bond acceptors (Lipinski definition) is 5. The molecule has 24 heavy (non-hydrogen) atoms. The quantitative estimate of drug-likeness (QED) is 0.808. The Bertz CT molecular complexity index is 752. The molecule has 9 heteroatoms. The van der Waals surface area contributed by atoms with E-state index < -0.39 is 28.0 Å². The number of nitrogens with one attached hydrogen (secondary N) is 1. The number of carboxylic acid groups (broad SMARTS) is 1. The van der Waals surface area contributed by atoms with E-state index in [-0.39, 0.29) is 16.2 Å². The van der Waals surface area contributed by atoms with Crippen molar-refractivity contribution in [3.8, 4) is 0 Å². The van der Waals surface area contributed by atoms with E-state index in [0.717, 1.165) is 4.88 Å². The van der Waals surface area contributed by atoms with Crippen LogP contribution in [0.1, 0.15) is 30.6 Å². The summed E-state index contributed by atoms with van der Waals surface area (Å²) in [7, 11) is -3.66. The van der Waals surface area contributed by atoms with Gasteiger partial charge in [-0.2, -0.15) is 4.31 Å². The van der Waals surface area contributed by atoms with Gasteiger partial charge in [-0.25, -0.2) is 8.42 Å². The van der Waals surface area contributed by atoms with Gasteiger partial charge in [0.25, 0.3) is 10.0 Å². The second-order valence-electron chi connectivity index (χ2n) is 6.35. The third-order valence-corrected chi connectivity index (χ3v) is 7.99. The predicted octanol–water partition coefficient (Wildman–Crippen LogP) is 1.19. The van der Waals surface area contributed by atoms with Crippen molar-refractivity contribution < 1.29 is 23.1 Å². The van der Waals surface area contributed by atoms with Crippen molar-refractivity contribution in [2.45, 2.75) is 48.9 Å². The van der Waals surface area contributed by atoms with E-state index in [0.29, 0.717) is 32.2 Å². The Labute approximate surface area is 144 Å². The summed E-state index contributed by atoms with van der Waals surface area (Å²) in [6.45, 7) is 2.17. The molecule has 1 aliphatic heterocycles. The molecule has 2 heterocycles. The van der Waals surface area contributed by atoms with Crippen molar-refractivity contribution >= 4 is 33.2 Å². The molecule has 1 aromatic rings. The van der Waals surface area contributed by atoms with Gasteiger partial charge in [0, 0.05) is 17.5 Å². The van der Waals surface area contributed by atoms with Crippen LogP contribution in [0.4, 0.5) is 0 Å². The predicted molar refractivity (Wildman–Crippen MR) is 88.3 cm³/mol. The molecular weight excluding hydrogens is 352 g/mol. The Hall–Kier alpha value is -1.45. The lowest BCUT2D eigenvalue weighted by Gasteiger charge is -2.34. The molecule has 2 fully saturated rings. The summed E-state index contributed by atoms with van der Waals surface area (Å²) in [6.07, 6.45) is 1.95. The first-order valence-electron chi connectivity index (χ1n) is 7.90. The molecule has 1 atom stereocenters. The van der Waals surface area contributed by atoms with Crippen LogP contribution in [0.2, 0.25) is 0 Å². The fraction of sp³-hybridized carbons (Fsp3) is 0.600. The lowest BCUT2D eigenvalue weighted by Crippen LogP contribution is -2.53. The molecule has 3 rings (SSSR count). The minimum Gasteiger partial charge on any atom is -0.481 e. The van der Waals surface area contributed by atoms with Gasteiger partial charge in [-0.1, -0.05) is 0 Å². The van der Waals surface area contributed by atoms with Crippen molar-refractivity contribution in [1.82, 2.24) is 9.62 Å². The highest BCUT2D eigenvalue weighted by molar-refractivity contribution is 7.91. The molecule has 2 aliphatic rings. The Morgan fingerprint density at radius 2 is 2.04 bits per heavy atom. The van der Waals surface area contributed by atoms with E-state index >= 15 is 0 Å². The zero-order valence-corrected chi connectivity index (χ0v) is 14.9. The molecule has 1 amide bonds. The Kier molecular flexibility index (Phi) is 4.67. The number of carboxylic acids is 1. The van der Waals surface area contributed by atoms with Crippen molar-refractivity contribution in [1.29, 1.82) is 0 Å². The van der Waals surface area contributed by atoms with Crippen LogP contribution in [0.15, 0.2) is 16.3 Å². The van der Waals surface area contributed by atoms with Gasteiger partial charge in [-0.05, 0) is 44.7 Å². The molecule has 0 aromatic carbocycles. The van der Waals surface area contributed by atoms with Crippen molar-refractivity contribution in [2.24, 2.45) is 5.92 Å². The van der Waals surface area contributed by atoms with Crippen molar-refractivity contribution in [3.05, 3.63) is 17.0 Å². The van der Waals surface area contributed by atoms with Crippen LogP contribution < -0.4 is 5.32 Å².